The second-order valence-corrected chi connectivity index (χ2v) is 6.28. The first-order valence-electron chi connectivity index (χ1n) is 7.33. The van der Waals surface area contributed by atoms with Gasteiger partial charge in [-0.3, -0.25) is 9.88 Å². The van der Waals surface area contributed by atoms with Crippen LogP contribution in [0.1, 0.15) is 51.1 Å². The van der Waals surface area contributed by atoms with Crippen LogP contribution in [0.25, 0.3) is 0 Å². The number of pyridine rings is 1. The van der Waals surface area contributed by atoms with Gasteiger partial charge in [0.2, 0.25) is 0 Å². The third-order valence-corrected chi connectivity index (χ3v) is 4.58. The van der Waals surface area contributed by atoms with Crippen LogP contribution in [0.3, 0.4) is 0 Å². The number of aromatic nitrogens is 1. The molecule has 0 bridgehead atoms. The normalized spacial score (nSPS) is 29.4. The van der Waals surface area contributed by atoms with Crippen LogP contribution in [0.4, 0.5) is 0 Å². The smallest absolute Gasteiger partial charge is 0.0774 e. The first kappa shape index (κ1) is 14.5. The van der Waals surface area contributed by atoms with Crippen LogP contribution >= 0.6 is 0 Å². The summed E-state index contributed by atoms with van der Waals surface area (Å²) < 4.78 is 0. The molecule has 106 valence electrons. The zero-order chi connectivity index (χ0) is 13.9. The minimum Gasteiger partial charge on any atom is -0.389 e. The van der Waals surface area contributed by atoms with E-state index in [1.165, 1.54) is 5.56 Å². The van der Waals surface area contributed by atoms with E-state index in [-0.39, 0.29) is 6.04 Å². The van der Waals surface area contributed by atoms with E-state index in [1.54, 1.807) is 6.20 Å². The molecule has 0 aromatic carbocycles. The third kappa shape index (κ3) is 3.77. The summed E-state index contributed by atoms with van der Waals surface area (Å²) in [5, 5.41) is 10.7. The highest BCUT2D eigenvalue weighted by Crippen LogP contribution is 2.33. The fourth-order valence-electron chi connectivity index (χ4n) is 2.94. The fourth-order valence-corrected chi connectivity index (χ4v) is 2.94. The van der Waals surface area contributed by atoms with Gasteiger partial charge in [0.15, 0.2) is 0 Å². The number of likely N-dealkylation sites (N-methyl/N-ethyl adjacent to an activating group) is 1. The van der Waals surface area contributed by atoms with Gasteiger partial charge in [-0.2, -0.15) is 0 Å². The minimum absolute atomic E-state index is 0.289. The molecule has 1 aliphatic rings. The van der Waals surface area contributed by atoms with Gasteiger partial charge in [-0.05, 0) is 57.2 Å². The maximum atomic E-state index is 10.7. The molecular weight excluding hydrogens is 236 g/mol. The van der Waals surface area contributed by atoms with Gasteiger partial charge in [0.05, 0.1) is 5.60 Å². The molecule has 3 nitrogen and oxygen atoms in total. The van der Waals surface area contributed by atoms with Gasteiger partial charge in [-0.15, -0.1) is 0 Å². The third-order valence-electron chi connectivity index (χ3n) is 4.58. The van der Waals surface area contributed by atoms with Crippen LogP contribution in [0, 0.1) is 5.92 Å². The van der Waals surface area contributed by atoms with E-state index >= 15 is 0 Å². The molecule has 1 aromatic rings. The number of nitrogens with zero attached hydrogens (tertiary/aromatic N) is 2. The Hall–Kier alpha value is -0.930. The van der Waals surface area contributed by atoms with Crippen LogP contribution < -0.4 is 0 Å². The summed E-state index contributed by atoms with van der Waals surface area (Å²) in [6, 6.07) is 4.36. The Morgan fingerprint density at radius 1 is 1.47 bits per heavy atom. The van der Waals surface area contributed by atoms with Crippen molar-refractivity contribution >= 4 is 0 Å². The average molecular weight is 262 g/mol. The first-order chi connectivity index (χ1) is 9.00. The Balaban J connectivity index is 1.95. The highest BCUT2D eigenvalue weighted by molar-refractivity contribution is 5.13. The fraction of sp³-hybridized carbons (Fsp3) is 0.688. The van der Waals surface area contributed by atoms with Gasteiger partial charge in [0.25, 0.3) is 0 Å². The highest BCUT2D eigenvalue weighted by Gasteiger charge is 2.33. The molecule has 1 heterocycles. The molecule has 1 N–H and O–H groups in total. The SMILES string of the molecule is CC1CCC(O)(CN(C)[C@H](C)c2cccnc2)CC1. The summed E-state index contributed by atoms with van der Waals surface area (Å²) in [7, 11) is 2.09. The Labute approximate surface area is 116 Å². The predicted molar refractivity (Wildman–Crippen MR) is 77.9 cm³/mol. The lowest BCUT2D eigenvalue weighted by molar-refractivity contribution is -0.0368. The largest absolute Gasteiger partial charge is 0.389 e. The topological polar surface area (TPSA) is 36.4 Å². The van der Waals surface area contributed by atoms with Crippen LogP contribution in [-0.2, 0) is 0 Å². The molecule has 0 unspecified atom stereocenters. The van der Waals surface area contributed by atoms with Crippen LogP contribution in [0.2, 0.25) is 0 Å². The number of hydrogen-bond donors (Lipinski definition) is 1. The van der Waals surface area contributed by atoms with Crippen LogP contribution in [0.5, 0.6) is 0 Å². The Bertz CT molecular complexity index is 385. The maximum Gasteiger partial charge on any atom is 0.0774 e. The van der Waals surface area contributed by atoms with E-state index in [0.717, 1.165) is 38.1 Å². The Morgan fingerprint density at radius 3 is 2.74 bits per heavy atom. The molecular formula is C16H26N2O. The van der Waals surface area contributed by atoms with Crippen molar-refractivity contribution in [2.24, 2.45) is 5.92 Å². The van der Waals surface area contributed by atoms with E-state index in [4.69, 9.17) is 0 Å². The van der Waals surface area contributed by atoms with Gasteiger partial charge in [-0.1, -0.05) is 13.0 Å². The molecule has 2 rings (SSSR count). The summed E-state index contributed by atoms with van der Waals surface area (Å²) in [4.78, 5) is 6.42. The van der Waals surface area contributed by atoms with Gasteiger partial charge >= 0.3 is 0 Å². The first-order valence-corrected chi connectivity index (χ1v) is 7.33. The summed E-state index contributed by atoms with van der Waals surface area (Å²) >= 11 is 0. The van der Waals surface area contributed by atoms with E-state index in [1.807, 2.05) is 12.3 Å². The highest BCUT2D eigenvalue weighted by atomic mass is 16.3. The monoisotopic (exact) mass is 262 g/mol. The predicted octanol–water partition coefficient (Wildman–Crippen LogP) is 3.02. The Morgan fingerprint density at radius 2 is 2.16 bits per heavy atom. The van der Waals surface area contributed by atoms with Crippen molar-refractivity contribution in [1.82, 2.24) is 9.88 Å². The summed E-state index contributed by atoms with van der Waals surface area (Å²) in [6.45, 7) is 5.20. The molecule has 0 spiro atoms. The van der Waals surface area contributed by atoms with Crippen molar-refractivity contribution in [1.29, 1.82) is 0 Å². The molecule has 3 heteroatoms. The minimum atomic E-state index is -0.502. The van der Waals surface area contributed by atoms with Crippen LogP contribution in [0.15, 0.2) is 24.5 Å². The van der Waals surface area contributed by atoms with Crippen molar-refractivity contribution in [3.05, 3.63) is 30.1 Å². The molecule has 1 aliphatic carbocycles. The molecule has 0 radical (unpaired) electrons. The average Bonchev–Trinajstić information content (AvgIpc) is 2.42. The number of rotatable bonds is 4. The van der Waals surface area contributed by atoms with Crippen molar-refractivity contribution < 1.29 is 5.11 Å². The van der Waals surface area contributed by atoms with E-state index in [2.05, 4.69) is 36.8 Å². The molecule has 1 atom stereocenters. The molecule has 19 heavy (non-hydrogen) atoms. The van der Waals surface area contributed by atoms with Gasteiger partial charge in [0, 0.05) is 25.0 Å². The van der Waals surface area contributed by atoms with Gasteiger partial charge in [-0.25, -0.2) is 0 Å². The molecule has 1 aromatic heterocycles. The second-order valence-electron chi connectivity index (χ2n) is 6.28. The zero-order valence-corrected chi connectivity index (χ0v) is 12.3. The zero-order valence-electron chi connectivity index (χ0n) is 12.3. The summed E-state index contributed by atoms with van der Waals surface area (Å²) in [5.41, 5.74) is 0.704. The number of aliphatic hydroxyl groups is 1. The molecule has 1 saturated carbocycles. The van der Waals surface area contributed by atoms with Gasteiger partial charge < -0.3 is 5.11 Å². The Kier molecular flexibility index (Phi) is 4.58. The summed E-state index contributed by atoms with van der Waals surface area (Å²) in [6.07, 6.45) is 7.86. The molecule has 0 aliphatic heterocycles. The quantitative estimate of drug-likeness (QED) is 0.906. The van der Waals surface area contributed by atoms with Crippen molar-refractivity contribution in [3.63, 3.8) is 0 Å². The lowest BCUT2D eigenvalue weighted by Crippen LogP contribution is -2.44. The van der Waals surface area contributed by atoms with E-state index in [0.29, 0.717) is 0 Å². The standard InChI is InChI=1S/C16H26N2O/c1-13-6-8-16(19,9-7-13)12-18(3)14(2)15-5-4-10-17-11-15/h4-5,10-11,13-14,19H,6-9,12H2,1-3H3/t13?,14-,16?/m1/s1. The van der Waals surface area contributed by atoms with Gasteiger partial charge in [0.1, 0.15) is 0 Å². The number of hydrogen-bond acceptors (Lipinski definition) is 3. The maximum absolute atomic E-state index is 10.7. The summed E-state index contributed by atoms with van der Waals surface area (Å²) in [5.74, 6) is 0.765. The van der Waals surface area contributed by atoms with E-state index in [9.17, 15) is 5.11 Å². The molecule has 0 saturated heterocycles. The molecule has 0 amide bonds. The van der Waals surface area contributed by atoms with Crippen LogP contribution in [-0.4, -0.2) is 34.2 Å². The lowest BCUT2D eigenvalue weighted by atomic mass is 9.79. The van der Waals surface area contributed by atoms with Crippen molar-refractivity contribution in [2.75, 3.05) is 13.6 Å². The molecule has 1 fully saturated rings. The lowest BCUT2D eigenvalue weighted by Gasteiger charge is -2.39. The van der Waals surface area contributed by atoms with Crippen molar-refractivity contribution in [3.8, 4) is 0 Å². The van der Waals surface area contributed by atoms with E-state index < -0.39 is 5.60 Å². The second kappa shape index (κ2) is 6.02. The van der Waals surface area contributed by atoms with Crippen molar-refractivity contribution in [2.45, 2.75) is 51.2 Å².